The van der Waals surface area contributed by atoms with E-state index in [2.05, 4.69) is 28.9 Å². The summed E-state index contributed by atoms with van der Waals surface area (Å²) >= 11 is 0. The van der Waals surface area contributed by atoms with Crippen molar-refractivity contribution in [3.63, 3.8) is 0 Å². The standard InChI is InChI=1S/C23H25N5O2/c1-16-8-6-7-11-18(16)26-14-15-27-19-20(24-22(26)27)25(2)23(30)28(21(19)29)13-12-17-9-4-3-5-10-17/h3-11,19-20H,12-15H2,1-2H3. The molecule has 0 radical (unpaired) electrons. The molecule has 5 rings (SSSR count). The van der Waals surface area contributed by atoms with Crippen LogP contribution in [0.15, 0.2) is 59.6 Å². The van der Waals surface area contributed by atoms with Crippen LogP contribution in [0.5, 0.6) is 0 Å². The van der Waals surface area contributed by atoms with Crippen molar-refractivity contribution in [2.24, 2.45) is 4.99 Å². The number of anilines is 1. The third kappa shape index (κ3) is 2.84. The van der Waals surface area contributed by atoms with E-state index in [0.717, 1.165) is 29.3 Å². The highest BCUT2D eigenvalue weighted by atomic mass is 16.2. The summed E-state index contributed by atoms with van der Waals surface area (Å²) in [5.41, 5.74) is 3.37. The lowest BCUT2D eigenvalue weighted by atomic mass is 10.1. The first-order valence-corrected chi connectivity index (χ1v) is 10.4. The van der Waals surface area contributed by atoms with E-state index in [9.17, 15) is 9.59 Å². The fourth-order valence-electron chi connectivity index (χ4n) is 4.62. The summed E-state index contributed by atoms with van der Waals surface area (Å²) in [5, 5.41) is 0. The molecule has 0 aliphatic carbocycles. The topological polar surface area (TPSA) is 59.5 Å². The van der Waals surface area contributed by atoms with Gasteiger partial charge in [0.25, 0.3) is 5.91 Å². The van der Waals surface area contributed by atoms with Gasteiger partial charge in [-0.1, -0.05) is 48.5 Å². The van der Waals surface area contributed by atoms with Crippen LogP contribution in [0.25, 0.3) is 0 Å². The molecule has 7 heteroatoms. The Hall–Kier alpha value is -3.35. The lowest BCUT2D eigenvalue weighted by Crippen LogP contribution is -2.65. The number of carbonyl (C=O) groups is 2. The highest BCUT2D eigenvalue weighted by Crippen LogP contribution is 2.34. The van der Waals surface area contributed by atoms with Crippen LogP contribution in [0.2, 0.25) is 0 Å². The Labute approximate surface area is 176 Å². The second-order valence-electron chi connectivity index (χ2n) is 8.04. The van der Waals surface area contributed by atoms with Gasteiger partial charge < -0.3 is 14.7 Å². The number of hydrogen-bond acceptors (Lipinski definition) is 5. The van der Waals surface area contributed by atoms with E-state index in [-0.39, 0.29) is 11.9 Å². The van der Waals surface area contributed by atoms with Crippen molar-refractivity contribution >= 4 is 23.6 Å². The van der Waals surface area contributed by atoms with E-state index in [1.54, 1.807) is 11.9 Å². The highest BCUT2D eigenvalue weighted by molar-refractivity contribution is 6.08. The van der Waals surface area contributed by atoms with Gasteiger partial charge in [0.1, 0.15) is 0 Å². The zero-order chi connectivity index (χ0) is 20.8. The number of likely N-dealkylation sites (N-methyl/N-ethyl adjacent to an activating group) is 1. The predicted octanol–water partition coefficient (Wildman–Crippen LogP) is 2.32. The summed E-state index contributed by atoms with van der Waals surface area (Å²) in [7, 11) is 1.74. The van der Waals surface area contributed by atoms with Crippen LogP contribution in [-0.4, -0.2) is 71.5 Å². The number of amides is 3. The van der Waals surface area contributed by atoms with E-state index in [4.69, 9.17) is 4.99 Å². The lowest BCUT2D eigenvalue weighted by Gasteiger charge is -2.40. The molecule has 2 fully saturated rings. The summed E-state index contributed by atoms with van der Waals surface area (Å²) < 4.78 is 0. The maximum absolute atomic E-state index is 13.4. The van der Waals surface area contributed by atoms with E-state index in [1.165, 1.54) is 4.90 Å². The largest absolute Gasteiger partial charge is 0.328 e. The number of urea groups is 1. The molecular weight excluding hydrogens is 378 g/mol. The zero-order valence-electron chi connectivity index (χ0n) is 17.2. The van der Waals surface area contributed by atoms with Gasteiger partial charge in [0.2, 0.25) is 5.96 Å². The lowest BCUT2D eigenvalue weighted by molar-refractivity contribution is -0.137. The molecule has 154 valence electrons. The normalized spacial score (nSPS) is 23.1. The Morgan fingerprint density at radius 1 is 1.00 bits per heavy atom. The molecule has 0 N–H and O–H groups in total. The van der Waals surface area contributed by atoms with E-state index < -0.39 is 12.2 Å². The third-order valence-corrected chi connectivity index (χ3v) is 6.25. The Bertz CT molecular complexity index is 1020. The first kappa shape index (κ1) is 18.7. The van der Waals surface area contributed by atoms with Crippen LogP contribution in [0.4, 0.5) is 10.5 Å². The number of aryl methyl sites for hydroxylation is 1. The number of rotatable bonds is 4. The Kier molecular flexibility index (Phi) is 4.46. The molecule has 2 atom stereocenters. The Morgan fingerprint density at radius 2 is 1.73 bits per heavy atom. The number of benzene rings is 2. The molecule has 2 saturated heterocycles. The SMILES string of the molecule is Cc1ccccc1N1CCN2C1=NC1C2C(=O)N(CCc2ccccc2)C(=O)N1C. The molecule has 3 amide bonds. The Morgan fingerprint density at radius 3 is 2.50 bits per heavy atom. The minimum atomic E-state index is -0.472. The predicted molar refractivity (Wildman–Crippen MR) is 115 cm³/mol. The minimum Gasteiger partial charge on any atom is -0.325 e. The number of para-hydroxylation sites is 1. The molecule has 3 aliphatic rings. The second-order valence-corrected chi connectivity index (χ2v) is 8.04. The summed E-state index contributed by atoms with van der Waals surface area (Å²) in [4.78, 5) is 38.4. The monoisotopic (exact) mass is 403 g/mol. The van der Waals surface area contributed by atoms with Crippen molar-refractivity contribution in [3.8, 4) is 0 Å². The smallest absolute Gasteiger partial charge is 0.325 e. The number of guanidine groups is 1. The van der Waals surface area contributed by atoms with Gasteiger partial charge in [0, 0.05) is 32.4 Å². The molecule has 0 bridgehead atoms. The second kappa shape index (κ2) is 7.16. The first-order chi connectivity index (χ1) is 14.6. The molecule has 2 aromatic rings. The molecule has 7 nitrogen and oxygen atoms in total. The molecule has 0 saturated carbocycles. The first-order valence-electron chi connectivity index (χ1n) is 10.4. The van der Waals surface area contributed by atoms with Gasteiger partial charge >= 0.3 is 6.03 Å². The van der Waals surface area contributed by atoms with Gasteiger partial charge in [-0.05, 0) is 30.5 Å². The zero-order valence-corrected chi connectivity index (χ0v) is 17.2. The van der Waals surface area contributed by atoms with Gasteiger partial charge in [-0.15, -0.1) is 0 Å². The van der Waals surface area contributed by atoms with Crippen molar-refractivity contribution in [3.05, 3.63) is 65.7 Å². The van der Waals surface area contributed by atoms with E-state index >= 15 is 0 Å². The average molecular weight is 403 g/mol. The molecule has 0 spiro atoms. The summed E-state index contributed by atoms with van der Waals surface area (Å²) in [6, 6.07) is 17.4. The molecule has 0 aromatic heterocycles. The molecule has 2 unspecified atom stereocenters. The van der Waals surface area contributed by atoms with Gasteiger partial charge in [-0.25, -0.2) is 9.79 Å². The van der Waals surface area contributed by atoms with Crippen LogP contribution in [-0.2, 0) is 11.2 Å². The molecular formula is C23H25N5O2. The van der Waals surface area contributed by atoms with E-state index in [0.29, 0.717) is 19.5 Å². The summed E-state index contributed by atoms with van der Waals surface area (Å²) in [6.45, 7) is 3.95. The number of imide groups is 1. The number of aliphatic imine (C=N–C) groups is 1. The number of hydrogen-bond donors (Lipinski definition) is 0. The maximum atomic E-state index is 13.4. The quantitative estimate of drug-likeness (QED) is 0.786. The van der Waals surface area contributed by atoms with Crippen LogP contribution in [0.3, 0.4) is 0 Å². The van der Waals surface area contributed by atoms with Crippen molar-refractivity contribution in [2.45, 2.75) is 25.6 Å². The van der Waals surface area contributed by atoms with Gasteiger partial charge in [-0.2, -0.15) is 0 Å². The third-order valence-electron chi connectivity index (χ3n) is 6.25. The van der Waals surface area contributed by atoms with Crippen molar-refractivity contribution in [1.29, 1.82) is 0 Å². The molecule has 2 aromatic carbocycles. The van der Waals surface area contributed by atoms with Crippen LogP contribution in [0, 0.1) is 6.92 Å². The van der Waals surface area contributed by atoms with Gasteiger partial charge in [-0.3, -0.25) is 9.69 Å². The minimum absolute atomic E-state index is 0.149. The average Bonchev–Trinajstić information content (AvgIpc) is 3.33. The fraction of sp³-hybridized carbons (Fsp3) is 0.348. The Balaban J connectivity index is 1.40. The molecule has 30 heavy (non-hydrogen) atoms. The number of fused-ring (bicyclic) bond motifs is 3. The number of nitrogens with zero attached hydrogens (tertiary/aromatic N) is 5. The highest BCUT2D eigenvalue weighted by Gasteiger charge is 2.54. The fourth-order valence-corrected chi connectivity index (χ4v) is 4.62. The van der Waals surface area contributed by atoms with E-state index in [1.807, 2.05) is 42.5 Å². The maximum Gasteiger partial charge on any atom is 0.328 e. The van der Waals surface area contributed by atoms with Crippen molar-refractivity contribution < 1.29 is 9.59 Å². The van der Waals surface area contributed by atoms with Crippen LogP contribution in [0.1, 0.15) is 11.1 Å². The molecule has 3 aliphatic heterocycles. The summed E-state index contributed by atoms with van der Waals surface area (Å²) in [6.07, 6.45) is 0.173. The van der Waals surface area contributed by atoms with Crippen molar-refractivity contribution in [1.82, 2.24) is 14.7 Å². The van der Waals surface area contributed by atoms with Gasteiger partial charge in [0.15, 0.2) is 12.2 Å². The molecule has 3 heterocycles. The number of carbonyl (C=O) groups excluding carboxylic acids is 2. The van der Waals surface area contributed by atoms with Crippen LogP contribution >= 0.6 is 0 Å². The van der Waals surface area contributed by atoms with Crippen molar-refractivity contribution in [2.75, 3.05) is 31.6 Å². The van der Waals surface area contributed by atoms with Gasteiger partial charge in [0.05, 0.1) is 0 Å². The summed E-state index contributed by atoms with van der Waals surface area (Å²) in [5.74, 6) is 0.640. The van der Waals surface area contributed by atoms with Crippen LogP contribution < -0.4 is 4.90 Å².